The van der Waals surface area contributed by atoms with Crippen LogP contribution in [0.3, 0.4) is 0 Å². The van der Waals surface area contributed by atoms with Gasteiger partial charge in [0.1, 0.15) is 0 Å². The highest BCUT2D eigenvalue weighted by Gasteiger charge is 2.37. The molecule has 5 rings (SSSR count). The van der Waals surface area contributed by atoms with E-state index in [2.05, 4.69) is 0 Å². The van der Waals surface area contributed by atoms with Crippen molar-refractivity contribution in [1.29, 1.82) is 0 Å². The molecule has 4 heterocycles. The molecule has 0 aromatic rings. The Balaban J connectivity index is 0.000000210. The summed E-state index contributed by atoms with van der Waals surface area (Å²) >= 11 is 0. The van der Waals surface area contributed by atoms with E-state index >= 15 is 0 Å². The molecule has 16 nitrogen and oxygen atoms in total. The Hall–Kier alpha value is -5.02. The van der Waals surface area contributed by atoms with Crippen LogP contribution in [0.15, 0.2) is 24.3 Å². The minimum absolute atomic E-state index is 0.0667. The SMILES string of the molecule is O=C(CCCCCN1C(=O)C=CC1=O)ON1C(=O)CCC1=O.O=C(ON1C(=O)CCC1=O)C1CCC(CN2C(=O)C=CC2=O)CC1. The summed E-state index contributed by atoms with van der Waals surface area (Å²) in [6.45, 7) is 0.665. The second kappa shape index (κ2) is 15.3. The Bertz CT molecular complexity index is 1330. The number of carbonyl (C=O) groups is 10. The summed E-state index contributed by atoms with van der Waals surface area (Å²) in [5.41, 5.74) is 0. The molecule has 4 aliphatic heterocycles. The molecule has 246 valence electrons. The van der Waals surface area contributed by atoms with Gasteiger partial charge in [0.15, 0.2) is 0 Å². The molecule has 0 N–H and O–H groups in total. The van der Waals surface area contributed by atoms with Gasteiger partial charge in [-0.25, -0.2) is 9.59 Å². The minimum Gasteiger partial charge on any atom is -0.330 e. The Morgan fingerprint density at radius 2 is 1.04 bits per heavy atom. The molecule has 5 aliphatic rings. The zero-order valence-electron chi connectivity index (χ0n) is 25.1. The molecule has 8 amide bonds. The van der Waals surface area contributed by atoms with Crippen LogP contribution >= 0.6 is 0 Å². The van der Waals surface area contributed by atoms with Crippen molar-refractivity contribution in [2.45, 2.75) is 77.0 Å². The van der Waals surface area contributed by atoms with Gasteiger partial charge >= 0.3 is 11.9 Å². The smallest absolute Gasteiger partial charge is 0.330 e. The summed E-state index contributed by atoms with van der Waals surface area (Å²) in [5.74, 6) is -4.64. The maximum Gasteiger partial charge on any atom is 0.336 e. The van der Waals surface area contributed by atoms with Crippen LogP contribution in [-0.4, -0.2) is 92.2 Å². The van der Waals surface area contributed by atoms with E-state index in [1.807, 2.05) is 0 Å². The minimum atomic E-state index is -0.640. The first kappa shape index (κ1) is 33.9. The average molecular weight is 643 g/mol. The molecule has 0 aromatic carbocycles. The molecule has 0 spiro atoms. The summed E-state index contributed by atoms with van der Waals surface area (Å²) in [6.07, 6.45) is 9.45. The van der Waals surface area contributed by atoms with Gasteiger partial charge in [-0.2, -0.15) is 0 Å². The van der Waals surface area contributed by atoms with Crippen LogP contribution in [0.1, 0.15) is 77.0 Å². The average Bonchev–Trinajstić information content (AvgIpc) is 3.74. The highest BCUT2D eigenvalue weighted by atomic mass is 16.7. The van der Waals surface area contributed by atoms with Crippen molar-refractivity contribution < 1.29 is 57.6 Å². The lowest BCUT2D eigenvalue weighted by atomic mass is 9.82. The fourth-order valence-electron chi connectivity index (χ4n) is 5.45. The van der Waals surface area contributed by atoms with Crippen molar-refractivity contribution in [3.8, 4) is 0 Å². The van der Waals surface area contributed by atoms with E-state index in [1.54, 1.807) is 0 Å². The second-order valence-electron chi connectivity index (χ2n) is 11.3. The normalized spacial score (nSPS) is 22.8. The third-order valence-electron chi connectivity index (χ3n) is 8.07. The molecule has 0 bridgehead atoms. The number of hydroxylamine groups is 4. The van der Waals surface area contributed by atoms with Crippen molar-refractivity contribution in [3.05, 3.63) is 24.3 Å². The molecule has 0 atom stereocenters. The van der Waals surface area contributed by atoms with Crippen molar-refractivity contribution in [1.82, 2.24) is 19.9 Å². The maximum atomic E-state index is 12.1. The second-order valence-corrected chi connectivity index (χ2v) is 11.3. The third-order valence-corrected chi connectivity index (χ3v) is 8.07. The standard InChI is InChI=1S/C16H18N2O6.C14H16N2O6/c19-12-5-6-13(20)17(12)9-10-1-3-11(4-2-10)16(23)24-18-14(21)7-8-15(18)22;17-10-5-6-11(18)15(10)9-3-1-2-4-14(21)22-16-12(19)7-8-13(16)20/h5-6,10-11H,1-4,7-9H2;5-6H,1-4,7-9H2. The molecule has 0 radical (unpaired) electrons. The number of rotatable bonds is 11. The monoisotopic (exact) mass is 642 g/mol. The number of hydrogen-bond donors (Lipinski definition) is 0. The van der Waals surface area contributed by atoms with E-state index in [0.29, 0.717) is 68.2 Å². The van der Waals surface area contributed by atoms with Crippen LogP contribution < -0.4 is 0 Å². The first-order valence-corrected chi connectivity index (χ1v) is 15.2. The Labute approximate surface area is 263 Å². The number of hydrogen-bond acceptors (Lipinski definition) is 12. The van der Waals surface area contributed by atoms with Crippen LogP contribution in [-0.2, 0) is 57.6 Å². The zero-order valence-corrected chi connectivity index (χ0v) is 25.1. The van der Waals surface area contributed by atoms with E-state index in [0.717, 1.165) is 4.90 Å². The molecule has 3 fully saturated rings. The van der Waals surface area contributed by atoms with Gasteiger partial charge in [-0.15, -0.1) is 10.1 Å². The van der Waals surface area contributed by atoms with Gasteiger partial charge in [-0.1, -0.05) is 6.42 Å². The Morgan fingerprint density at radius 3 is 1.54 bits per heavy atom. The summed E-state index contributed by atoms with van der Waals surface area (Å²) < 4.78 is 0. The van der Waals surface area contributed by atoms with Gasteiger partial charge in [0.25, 0.3) is 47.3 Å². The highest BCUT2D eigenvalue weighted by Crippen LogP contribution is 2.31. The van der Waals surface area contributed by atoms with Gasteiger partial charge in [0.05, 0.1) is 5.92 Å². The van der Waals surface area contributed by atoms with E-state index in [-0.39, 0.29) is 67.6 Å². The predicted octanol–water partition coefficient (Wildman–Crippen LogP) is 0.404. The molecule has 46 heavy (non-hydrogen) atoms. The van der Waals surface area contributed by atoms with Crippen molar-refractivity contribution in [2.24, 2.45) is 11.8 Å². The predicted molar refractivity (Wildman–Crippen MR) is 150 cm³/mol. The van der Waals surface area contributed by atoms with E-state index < -0.39 is 35.6 Å². The maximum absolute atomic E-state index is 12.1. The van der Waals surface area contributed by atoms with E-state index in [4.69, 9.17) is 9.68 Å². The lowest BCUT2D eigenvalue weighted by Crippen LogP contribution is -2.38. The first-order valence-electron chi connectivity index (χ1n) is 15.2. The summed E-state index contributed by atoms with van der Waals surface area (Å²) in [7, 11) is 0. The summed E-state index contributed by atoms with van der Waals surface area (Å²) in [4.78, 5) is 127. The number of nitrogens with zero attached hydrogens (tertiary/aromatic N) is 4. The number of carbonyl (C=O) groups excluding carboxylic acids is 10. The lowest BCUT2D eigenvalue weighted by molar-refractivity contribution is -0.201. The lowest BCUT2D eigenvalue weighted by Gasteiger charge is -2.29. The van der Waals surface area contributed by atoms with Gasteiger partial charge in [0, 0.05) is 69.5 Å². The molecule has 16 heteroatoms. The Morgan fingerprint density at radius 1 is 0.587 bits per heavy atom. The fourth-order valence-corrected chi connectivity index (χ4v) is 5.45. The molecule has 0 aromatic heterocycles. The first-order chi connectivity index (χ1) is 21.9. The molecule has 2 saturated heterocycles. The van der Waals surface area contributed by atoms with Crippen molar-refractivity contribution in [2.75, 3.05) is 13.1 Å². The van der Waals surface area contributed by atoms with E-state index in [9.17, 15) is 47.9 Å². The van der Waals surface area contributed by atoms with Crippen molar-refractivity contribution >= 4 is 59.2 Å². The Kier molecular flexibility index (Phi) is 11.3. The molecule has 1 aliphatic carbocycles. The molecule has 1 saturated carbocycles. The fraction of sp³-hybridized carbons (Fsp3) is 0.533. The van der Waals surface area contributed by atoms with Crippen LogP contribution in [0, 0.1) is 11.8 Å². The molecular weight excluding hydrogens is 608 g/mol. The van der Waals surface area contributed by atoms with Gasteiger partial charge in [-0.05, 0) is 44.4 Å². The van der Waals surface area contributed by atoms with Crippen molar-refractivity contribution in [3.63, 3.8) is 0 Å². The summed E-state index contributed by atoms with van der Waals surface area (Å²) in [6, 6.07) is 0. The highest BCUT2D eigenvalue weighted by molar-refractivity contribution is 6.13. The van der Waals surface area contributed by atoms with Crippen LogP contribution in [0.2, 0.25) is 0 Å². The molecular formula is C30H34N4O12. The van der Waals surface area contributed by atoms with Crippen LogP contribution in [0.25, 0.3) is 0 Å². The number of unbranched alkanes of at least 4 members (excludes halogenated alkanes) is 2. The van der Waals surface area contributed by atoms with Gasteiger partial charge in [0.2, 0.25) is 0 Å². The number of amides is 8. The van der Waals surface area contributed by atoms with E-state index in [1.165, 1.54) is 29.2 Å². The van der Waals surface area contributed by atoms with Crippen LogP contribution in [0.4, 0.5) is 0 Å². The largest absolute Gasteiger partial charge is 0.336 e. The quantitative estimate of drug-likeness (QED) is 0.222. The molecule has 0 unspecified atom stereocenters. The topological polar surface area (TPSA) is 202 Å². The van der Waals surface area contributed by atoms with Gasteiger partial charge in [-0.3, -0.25) is 48.2 Å². The van der Waals surface area contributed by atoms with Gasteiger partial charge < -0.3 is 9.68 Å². The number of imide groups is 4. The third kappa shape index (κ3) is 8.57. The summed E-state index contributed by atoms with van der Waals surface area (Å²) in [5, 5.41) is 1.09. The zero-order chi connectivity index (χ0) is 33.4. The van der Waals surface area contributed by atoms with Crippen LogP contribution in [0.5, 0.6) is 0 Å².